The fraction of sp³-hybridized carbons (Fsp3) is 0.462. The largest absolute Gasteiger partial charge is 0.469 e. The van der Waals surface area contributed by atoms with Gasteiger partial charge in [0.2, 0.25) is 0 Å². The van der Waals surface area contributed by atoms with Crippen molar-refractivity contribution in [2.24, 2.45) is 5.73 Å². The second-order valence-corrected chi connectivity index (χ2v) is 4.18. The first-order valence-electron chi connectivity index (χ1n) is 5.74. The van der Waals surface area contributed by atoms with Crippen LogP contribution in [0.2, 0.25) is 0 Å². The van der Waals surface area contributed by atoms with Gasteiger partial charge in [-0.1, -0.05) is 24.3 Å². The summed E-state index contributed by atoms with van der Waals surface area (Å²) >= 11 is 0. The summed E-state index contributed by atoms with van der Waals surface area (Å²) in [5, 5.41) is 0. The zero-order valence-electron chi connectivity index (χ0n) is 9.89. The van der Waals surface area contributed by atoms with Crippen molar-refractivity contribution in [3.63, 3.8) is 0 Å². The van der Waals surface area contributed by atoms with Gasteiger partial charge in [0.25, 0.3) is 0 Å². The molecular formula is C13H17NO3. The number of nitrogens with two attached hydrogens (primary N) is 1. The number of ether oxygens (including phenoxy) is 2. The molecule has 0 saturated carbocycles. The highest BCUT2D eigenvalue weighted by Crippen LogP contribution is 2.32. The molecule has 0 radical (unpaired) electrons. The molecule has 0 spiro atoms. The molecule has 1 aromatic carbocycles. The molecule has 4 nitrogen and oxygen atoms in total. The first-order chi connectivity index (χ1) is 8.22. The maximum atomic E-state index is 11.0. The van der Waals surface area contributed by atoms with Gasteiger partial charge in [-0.2, -0.15) is 0 Å². The van der Waals surface area contributed by atoms with Crippen LogP contribution in [-0.4, -0.2) is 25.7 Å². The Morgan fingerprint density at radius 3 is 3.00 bits per heavy atom. The average molecular weight is 235 g/mol. The summed E-state index contributed by atoms with van der Waals surface area (Å²) in [5.74, 6) is -0.259. The second kappa shape index (κ2) is 5.29. The Morgan fingerprint density at radius 1 is 1.47 bits per heavy atom. The van der Waals surface area contributed by atoms with Gasteiger partial charge in [0.1, 0.15) is 0 Å². The van der Waals surface area contributed by atoms with Crippen LogP contribution in [0.15, 0.2) is 24.3 Å². The fourth-order valence-electron chi connectivity index (χ4n) is 2.17. The minimum atomic E-state index is -0.259. The van der Waals surface area contributed by atoms with E-state index in [4.69, 9.17) is 10.5 Å². The minimum Gasteiger partial charge on any atom is -0.469 e. The molecule has 4 heteroatoms. The zero-order valence-corrected chi connectivity index (χ0v) is 9.89. The number of rotatable bonds is 4. The number of methoxy groups -OCH3 is 1. The van der Waals surface area contributed by atoms with E-state index >= 15 is 0 Å². The van der Waals surface area contributed by atoms with E-state index in [1.165, 1.54) is 12.7 Å². The molecule has 92 valence electrons. The van der Waals surface area contributed by atoms with Gasteiger partial charge in [-0.3, -0.25) is 4.79 Å². The molecule has 0 aliphatic heterocycles. The second-order valence-electron chi connectivity index (χ2n) is 4.18. The van der Waals surface area contributed by atoms with Crippen molar-refractivity contribution in [1.29, 1.82) is 0 Å². The SMILES string of the molecule is COC(=O)CCOC1c2ccccc2CC1N. The third kappa shape index (κ3) is 2.65. The fourth-order valence-corrected chi connectivity index (χ4v) is 2.17. The van der Waals surface area contributed by atoms with Crippen LogP contribution in [0.4, 0.5) is 0 Å². The lowest BCUT2D eigenvalue weighted by Gasteiger charge is -2.17. The van der Waals surface area contributed by atoms with E-state index in [0.29, 0.717) is 6.61 Å². The van der Waals surface area contributed by atoms with E-state index in [1.807, 2.05) is 18.2 Å². The van der Waals surface area contributed by atoms with Crippen molar-refractivity contribution in [2.45, 2.75) is 25.0 Å². The van der Waals surface area contributed by atoms with E-state index in [1.54, 1.807) is 0 Å². The smallest absolute Gasteiger partial charge is 0.307 e. The predicted octanol–water partition coefficient (Wildman–Crippen LogP) is 1.19. The van der Waals surface area contributed by atoms with Crippen molar-refractivity contribution >= 4 is 5.97 Å². The summed E-state index contributed by atoms with van der Waals surface area (Å²) in [7, 11) is 1.37. The van der Waals surface area contributed by atoms with Crippen molar-refractivity contribution in [3.05, 3.63) is 35.4 Å². The minimum absolute atomic E-state index is 0.0231. The van der Waals surface area contributed by atoms with Gasteiger partial charge in [-0.15, -0.1) is 0 Å². The predicted molar refractivity (Wildman–Crippen MR) is 63.4 cm³/mol. The van der Waals surface area contributed by atoms with Gasteiger partial charge in [0.05, 0.1) is 26.2 Å². The first-order valence-corrected chi connectivity index (χ1v) is 5.74. The average Bonchev–Trinajstić information content (AvgIpc) is 2.66. The Hall–Kier alpha value is -1.39. The molecule has 2 rings (SSSR count). The maximum absolute atomic E-state index is 11.0. The molecule has 0 aromatic heterocycles. The Bertz CT molecular complexity index is 405. The van der Waals surface area contributed by atoms with Crippen LogP contribution in [0.1, 0.15) is 23.7 Å². The Kier molecular flexibility index (Phi) is 3.76. The van der Waals surface area contributed by atoms with Gasteiger partial charge in [0, 0.05) is 6.04 Å². The summed E-state index contributed by atoms with van der Waals surface area (Å²) in [6.45, 7) is 0.347. The lowest BCUT2D eigenvalue weighted by Crippen LogP contribution is -2.27. The van der Waals surface area contributed by atoms with Gasteiger partial charge < -0.3 is 15.2 Å². The van der Waals surface area contributed by atoms with Crippen LogP contribution in [0, 0.1) is 0 Å². The molecule has 1 aromatic rings. The summed E-state index contributed by atoms with van der Waals surface area (Å²) in [6, 6.07) is 8.06. The monoisotopic (exact) mass is 235 g/mol. The van der Waals surface area contributed by atoms with E-state index in [9.17, 15) is 4.79 Å². The number of esters is 1. The summed E-state index contributed by atoms with van der Waals surface area (Å²) in [6.07, 6.45) is 0.997. The number of hydrogen-bond donors (Lipinski definition) is 1. The number of carbonyl (C=O) groups excluding carboxylic acids is 1. The normalized spacial score (nSPS) is 22.2. The van der Waals surface area contributed by atoms with Crippen molar-refractivity contribution in [3.8, 4) is 0 Å². The highest BCUT2D eigenvalue weighted by atomic mass is 16.5. The quantitative estimate of drug-likeness (QED) is 0.796. The Balaban J connectivity index is 1.95. The van der Waals surface area contributed by atoms with Crippen LogP contribution in [0.5, 0.6) is 0 Å². The number of hydrogen-bond acceptors (Lipinski definition) is 4. The van der Waals surface area contributed by atoms with Crippen LogP contribution in [0.25, 0.3) is 0 Å². The molecule has 0 bridgehead atoms. The zero-order chi connectivity index (χ0) is 12.3. The highest BCUT2D eigenvalue weighted by molar-refractivity contribution is 5.69. The topological polar surface area (TPSA) is 61.5 Å². The molecule has 0 amide bonds. The molecular weight excluding hydrogens is 218 g/mol. The van der Waals surface area contributed by atoms with Gasteiger partial charge >= 0.3 is 5.97 Å². The molecule has 0 heterocycles. The van der Waals surface area contributed by atoms with Crippen LogP contribution >= 0.6 is 0 Å². The highest BCUT2D eigenvalue weighted by Gasteiger charge is 2.30. The Morgan fingerprint density at radius 2 is 2.24 bits per heavy atom. The van der Waals surface area contributed by atoms with Crippen LogP contribution in [0.3, 0.4) is 0 Å². The van der Waals surface area contributed by atoms with Crippen molar-refractivity contribution in [1.82, 2.24) is 0 Å². The molecule has 2 unspecified atom stereocenters. The maximum Gasteiger partial charge on any atom is 0.307 e. The van der Waals surface area contributed by atoms with E-state index in [0.717, 1.165) is 12.0 Å². The van der Waals surface area contributed by atoms with E-state index in [-0.39, 0.29) is 24.5 Å². The van der Waals surface area contributed by atoms with E-state index < -0.39 is 0 Å². The Labute approximate surface area is 101 Å². The van der Waals surface area contributed by atoms with Crippen molar-refractivity contribution in [2.75, 3.05) is 13.7 Å². The van der Waals surface area contributed by atoms with Crippen LogP contribution in [-0.2, 0) is 20.7 Å². The van der Waals surface area contributed by atoms with Crippen LogP contribution < -0.4 is 5.73 Å². The van der Waals surface area contributed by atoms with E-state index in [2.05, 4.69) is 10.8 Å². The molecule has 1 aliphatic rings. The number of benzene rings is 1. The lowest BCUT2D eigenvalue weighted by atomic mass is 10.1. The third-order valence-electron chi connectivity index (χ3n) is 3.04. The summed E-state index contributed by atoms with van der Waals surface area (Å²) < 4.78 is 10.2. The van der Waals surface area contributed by atoms with Gasteiger partial charge in [-0.05, 0) is 17.5 Å². The molecule has 1 aliphatic carbocycles. The summed E-state index contributed by atoms with van der Waals surface area (Å²) in [5.41, 5.74) is 8.42. The van der Waals surface area contributed by atoms with Crippen molar-refractivity contribution < 1.29 is 14.3 Å². The summed E-state index contributed by atoms with van der Waals surface area (Å²) in [4.78, 5) is 11.0. The standard InChI is InChI=1S/C13H17NO3/c1-16-12(15)6-7-17-13-10-5-3-2-4-9(10)8-11(13)14/h2-5,11,13H,6-8,14H2,1H3. The molecule has 2 atom stereocenters. The molecule has 0 fully saturated rings. The van der Waals surface area contributed by atoms with Gasteiger partial charge in [0.15, 0.2) is 0 Å². The first kappa shape index (κ1) is 12.1. The number of carbonyl (C=O) groups is 1. The van der Waals surface area contributed by atoms with Gasteiger partial charge in [-0.25, -0.2) is 0 Å². The molecule has 17 heavy (non-hydrogen) atoms. The lowest BCUT2D eigenvalue weighted by molar-refractivity contribution is -0.142. The number of fused-ring (bicyclic) bond motifs is 1. The molecule has 0 saturated heterocycles. The third-order valence-corrected chi connectivity index (χ3v) is 3.04. The molecule has 2 N–H and O–H groups in total.